The first-order chi connectivity index (χ1) is 14.7. The highest BCUT2D eigenvalue weighted by Crippen LogP contribution is 2.29. The molecule has 1 aliphatic heterocycles. The lowest BCUT2D eigenvalue weighted by atomic mass is 10.1. The lowest BCUT2D eigenvalue weighted by Gasteiger charge is -2.12. The molecule has 0 saturated carbocycles. The van der Waals surface area contributed by atoms with Crippen LogP contribution >= 0.6 is 22.6 Å². The summed E-state index contributed by atoms with van der Waals surface area (Å²) in [6.07, 6.45) is -0.823. The number of ether oxygens (including phenoxy) is 1. The van der Waals surface area contributed by atoms with E-state index < -0.39 is 36.1 Å². The van der Waals surface area contributed by atoms with Gasteiger partial charge in [0.1, 0.15) is 12.4 Å². The first-order valence-corrected chi connectivity index (χ1v) is 9.88. The normalized spacial score (nSPS) is 12.9. The van der Waals surface area contributed by atoms with Crippen molar-refractivity contribution in [2.45, 2.75) is 25.7 Å². The average molecular weight is 543 g/mol. The molecule has 0 aliphatic carbocycles. The molecule has 0 aromatic heterocycles. The van der Waals surface area contributed by atoms with Gasteiger partial charge >= 0.3 is 11.9 Å². The van der Waals surface area contributed by atoms with Gasteiger partial charge in [0, 0.05) is 23.4 Å². The average Bonchev–Trinajstić information content (AvgIpc) is 3.04. The van der Waals surface area contributed by atoms with Crippen LogP contribution in [0, 0.1) is 3.57 Å². The fourth-order valence-corrected chi connectivity index (χ4v) is 2.98. The van der Waals surface area contributed by atoms with Crippen LogP contribution in [0.5, 0.6) is 5.75 Å². The molecular formula is C17H16IN5O8. The van der Waals surface area contributed by atoms with Gasteiger partial charge in [-0.15, -0.1) is 5.06 Å². The number of nitrogens with one attached hydrogen (secondary N) is 1. The Kier molecular flexibility index (Phi) is 8.57. The highest BCUT2D eigenvalue weighted by Gasteiger charge is 2.32. The van der Waals surface area contributed by atoms with Gasteiger partial charge in [-0.3, -0.25) is 19.2 Å². The van der Waals surface area contributed by atoms with Crippen LogP contribution in [0.25, 0.3) is 10.4 Å². The molecule has 1 aromatic rings. The fourth-order valence-electron chi connectivity index (χ4n) is 2.37. The number of hydroxylamine groups is 2. The maximum atomic E-state index is 12.2. The van der Waals surface area contributed by atoms with Crippen molar-refractivity contribution in [2.24, 2.45) is 5.11 Å². The van der Waals surface area contributed by atoms with E-state index in [1.165, 1.54) is 12.1 Å². The van der Waals surface area contributed by atoms with Crippen LogP contribution in [-0.4, -0.2) is 53.0 Å². The molecule has 1 fully saturated rings. The van der Waals surface area contributed by atoms with E-state index >= 15 is 0 Å². The number of azide groups is 1. The summed E-state index contributed by atoms with van der Waals surface area (Å²) in [5.41, 5.74) is 8.52. The molecule has 0 unspecified atom stereocenters. The maximum absolute atomic E-state index is 12.2. The predicted octanol–water partition coefficient (Wildman–Crippen LogP) is 1.60. The van der Waals surface area contributed by atoms with Crippen LogP contribution in [0.1, 0.15) is 36.0 Å². The second kappa shape index (κ2) is 11.1. The van der Waals surface area contributed by atoms with Gasteiger partial charge in [-0.1, -0.05) is 5.11 Å². The van der Waals surface area contributed by atoms with E-state index in [0.29, 0.717) is 8.63 Å². The minimum absolute atomic E-state index is 0.0351. The molecule has 2 rings (SSSR count). The highest BCUT2D eigenvalue weighted by atomic mass is 125. The van der Waals surface area contributed by atoms with Crippen LogP contribution in [0.15, 0.2) is 17.2 Å². The Hall–Kier alpha value is -3.39. The molecule has 1 saturated heterocycles. The van der Waals surface area contributed by atoms with Gasteiger partial charge in [0.25, 0.3) is 17.7 Å². The Balaban J connectivity index is 1.72. The van der Waals surface area contributed by atoms with Crippen molar-refractivity contribution >= 4 is 57.9 Å². The van der Waals surface area contributed by atoms with Gasteiger partial charge in [0.2, 0.25) is 0 Å². The Morgan fingerprint density at radius 2 is 1.84 bits per heavy atom. The van der Waals surface area contributed by atoms with E-state index in [1.807, 2.05) is 0 Å². The number of aromatic hydroxyl groups is 1. The van der Waals surface area contributed by atoms with Crippen molar-refractivity contribution in [1.82, 2.24) is 10.4 Å². The van der Waals surface area contributed by atoms with Crippen molar-refractivity contribution < 1.29 is 38.7 Å². The number of hydrogen-bond acceptors (Lipinski definition) is 9. The molecule has 3 amide bonds. The minimum atomic E-state index is -0.932. The number of esters is 1. The van der Waals surface area contributed by atoms with E-state index in [9.17, 15) is 29.1 Å². The van der Waals surface area contributed by atoms with Crippen LogP contribution in [0.3, 0.4) is 0 Å². The van der Waals surface area contributed by atoms with Crippen molar-refractivity contribution in [3.8, 4) is 5.75 Å². The molecule has 0 spiro atoms. The Bertz CT molecular complexity index is 960. The largest absolute Gasteiger partial charge is 0.506 e. The van der Waals surface area contributed by atoms with Crippen LogP contribution < -0.4 is 5.32 Å². The summed E-state index contributed by atoms with van der Waals surface area (Å²) in [6.45, 7) is -0.301. The lowest BCUT2D eigenvalue weighted by molar-refractivity contribution is -0.197. The zero-order valence-electron chi connectivity index (χ0n) is 15.9. The summed E-state index contributed by atoms with van der Waals surface area (Å²) in [4.78, 5) is 65.4. The summed E-state index contributed by atoms with van der Waals surface area (Å²) in [5, 5.41) is 16.2. The number of phenolic OH excluding ortho intramolecular Hbond substituents is 1. The van der Waals surface area contributed by atoms with Crippen molar-refractivity contribution in [1.29, 1.82) is 0 Å². The third-order valence-electron chi connectivity index (χ3n) is 3.84. The van der Waals surface area contributed by atoms with Crippen molar-refractivity contribution in [3.05, 3.63) is 31.7 Å². The van der Waals surface area contributed by atoms with Crippen LogP contribution in [-0.2, 0) is 28.8 Å². The molecule has 31 heavy (non-hydrogen) atoms. The highest BCUT2D eigenvalue weighted by molar-refractivity contribution is 14.1. The molecule has 13 nitrogen and oxygen atoms in total. The van der Waals surface area contributed by atoms with Crippen molar-refractivity contribution in [2.75, 3.05) is 13.2 Å². The van der Waals surface area contributed by atoms with E-state index in [2.05, 4.69) is 20.2 Å². The Labute approximate surface area is 188 Å². The maximum Gasteiger partial charge on any atom is 0.333 e. The second-order valence-electron chi connectivity index (χ2n) is 6.03. The third kappa shape index (κ3) is 6.82. The molecule has 0 bridgehead atoms. The quantitative estimate of drug-likeness (QED) is 0.0893. The van der Waals surface area contributed by atoms with E-state index in [-0.39, 0.29) is 49.4 Å². The summed E-state index contributed by atoms with van der Waals surface area (Å²) < 4.78 is 5.18. The number of halogens is 1. The Morgan fingerprint density at radius 3 is 2.48 bits per heavy atom. The number of rotatable bonds is 9. The second-order valence-corrected chi connectivity index (χ2v) is 7.20. The summed E-state index contributed by atoms with van der Waals surface area (Å²) in [5.74, 6) is -3.90. The molecule has 14 heteroatoms. The molecule has 0 radical (unpaired) electrons. The Morgan fingerprint density at radius 1 is 1.19 bits per heavy atom. The van der Waals surface area contributed by atoms with Gasteiger partial charge in [-0.25, -0.2) is 4.79 Å². The number of carbonyl (C=O) groups excluding carboxylic acids is 5. The fraction of sp³-hybridized carbons (Fsp3) is 0.353. The number of benzene rings is 1. The van der Waals surface area contributed by atoms with Crippen molar-refractivity contribution in [3.63, 3.8) is 0 Å². The van der Waals surface area contributed by atoms with Gasteiger partial charge < -0.3 is 20.0 Å². The summed E-state index contributed by atoms with van der Waals surface area (Å²) >= 11 is 1.77. The van der Waals surface area contributed by atoms with E-state index in [1.54, 1.807) is 22.6 Å². The topological polar surface area (TPSA) is 188 Å². The number of hydrogen-bond donors (Lipinski definition) is 2. The zero-order valence-corrected chi connectivity index (χ0v) is 18.0. The SMILES string of the molecule is [N-]=[N+]=Nc1cc([125I])c(O)c(C(=O)NCCOC(=O)CCC(=O)ON2C(=O)CCC2=O)c1. The van der Waals surface area contributed by atoms with Crippen LogP contribution in [0.4, 0.5) is 5.69 Å². The predicted molar refractivity (Wildman–Crippen MR) is 109 cm³/mol. The summed E-state index contributed by atoms with van der Waals surface area (Å²) in [6, 6.07) is 2.61. The molecule has 164 valence electrons. The van der Waals surface area contributed by atoms with Gasteiger partial charge in [-0.05, 0) is 40.3 Å². The molecule has 1 heterocycles. The van der Waals surface area contributed by atoms with Gasteiger partial charge in [0.05, 0.1) is 28.5 Å². The summed E-state index contributed by atoms with van der Waals surface area (Å²) in [7, 11) is 0. The molecule has 1 aromatic carbocycles. The van der Waals surface area contributed by atoms with Crippen LogP contribution in [0.2, 0.25) is 0 Å². The standard InChI is InChI=1S/C17H16IN5O8/c18-11-8-9(21-22-19)7-10(16(11)28)17(29)20-5-6-30-14(26)3-4-15(27)31-23-12(24)1-2-13(23)25/h7-8,28H,1-6H2,(H,20,29)/i18-2. The molecule has 1 aliphatic rings. The number of carbonyl (C=O) groups is 5. The van der Waals surface area contributed by atoms with Gasteiger partial charge in [0.15, 0.2) is 0 Å². The first-order valence-electron chi connectivity index (χ1n) is 8.81. The van der Waals surface area contributed by atoms with E-state index in [0.717, 1.165) is 0 Å². The third-order valence-corrected chi connectivity index (χ3v) is 4.66. The number of amides is 3. The number of imide groups is 1. The molecular weight excluding hydrogens is 527 g/mol. The monoisotopic (exact) mass is 543 g/mol. The van der Waals surface area contributed by atoms with E-state index in [4.69, 9.17) is 10.3 Å². The van der Waals surface area contributed by atoms with Gasteiger partial charge in [-0.2, -0.15) is 0 Å². The smallest absolute Gasteiger partial charge is 0.333 e. The first kappa shape index (κ1) is 23.9. The number of nitrogens with zero attached hydrogens (tertiary/aromatic N) is 4. The number of phenols is 1. The molecule has 0 atom stereocenters. The minimum Gasteiger partial charge on any atom is -0.506 e. The lowest BCUT2D eigenvalue weighted by Crippen LogP contribution is -2.32. The molecule has 2 N–H and O–H groups in total. The zero-order chi connectivity index (χ0) is 23.0.